The van der Waals surface area contributed by atoms with Crippen molar-refractivity contribution in [2.24, 2.45) is 0 Å². The number of aliphatic hydroxyl groups is 2. The van der Waals surface area contributed by atoms with E-state index in [1.165, 1.54) is 6.07 Å². The van der Waals surface area contributed by atoms with E-state index < -0.39 is 11.0 Å². The van der Waals surface area contributed by atoms with Gasteiger partial charge in [0.2, 0.25) is 5.36 Å². The minimum atomic E-state index is -0.918. The molecule has 0 amide bonds. The lowest BCUT2D eigenvalue weighted by atomic mass is 10.0. The summed E-state index contributed by atoms with van der Waals surface area (Å²) in [6.45, 7) is 1.60. The van der Waals surface area contributed by atoms with Crippen LogP contribution in [-0.4, -0.2) is 34.5 Å². The molecule has 0 spiro atoms. The van der Waals surface area contributed by atoms with Crippen LogP contribution in [0.15, 0.2) is 24.4 Å². The van der Waals surface area contributed by atoms with Gasteiger partial charge in [-0.15, -0.1) is 0 Å². The highest BCUT2D eigenvalue weighted by Crippen LogP contribution is 2.26. The number of pyridine rings is 1. The van der Waals surface area contributed by atoms with E-state index in [1.54, 1.807) is 18.3 Å². The summed E-state index contributed by atoms with van der Waals surface area (Å²) < 4.78 is 0. The predicted molar refractivity (Wildman–Crippen MR) is 75.7 cm³/mol. The molecule has 7 nitrogen and oxygen atoms in total. The number of aryl methyl sites for hydroxylation is 1. The SMILES string of the molecule is Cc1ccc(=[N+]([O-])[O-])c2c(NCC(O)CO)cc[nH]c1-2. The van der Waals surface area contributed by atoms with Gasteiger partial charge in [-0.25, -0.2) is 0 Å². The van der Waals surface area contributed by atoms with Crippen molar-refractivity contribution in [3.05, 3.63) is 45.7 Å². The Morgan fingerprint density at radius 2 is 2.10 bits per heavy atom. The summed E-state index contributed by atoms with van der Waals surface area (Å²) in [6, 6.07) is 4.81. The number of H-pyrrole nitrogens is 1. The molecule has 0 bridgehead atoms. The minimum absolute atomic E-state index is 0.0107. The summed E-state index contributed by atoms with van der Waals surface area (Å²) in [6.07, 6.45) is 0.755. The first-order valence-corrected chi connectivity index (χ1v) is 6.15. The van der Waals surface area contributed by atoms with Gasteiger partial charge in [-0.2, -0.15) is 4.90 Å². The Hall–Kier alpha value is -2.25. The van der Waals surface area contributed by atoms with Gasteiger partial charge in [0.05, 0.1) is 29.7 Å². The Morgan fingerprint density at radius 1 is 1.35 bits per heavy atom. The second-order valence-corrected chi connectivity index (χ2v) is 4.52. The highest BCUT2D eigenvalue weighted by Gasteiger charge is 2.16. The monoisotopic (exact) mass is 278 g/mol. The third kappa shape index (κ3) is 2.68. The number of nitrogens with one attached hydrogen (secondary N) is 2. The third-order valence-electron chi connectivity index (χ3n) is 3.07. The number of hydrogen-bond donors (Lipinski definition) is 4. The summed E-state index contributed by atoms with van der Waals surface area (Å²) >= 11 is 0. The molecule has 1 aliphatic heterocycles. The van der Waals surface area contributed by atoms with Crippen LogP contribution in [-0.2, 0) is 0 Å². The quantitative estimate of drug-likeness (QED) is 0.585. The van der Waals surface area contributed by atoms with Crippen LogP contribution in [0.4, 0.5) is 5.69 Å². The smallest absolute Gasteiger partial charge is 0.234 e. The fourth-order valence-corrected chi connectivity index (χ4v) is 2.04. The standard InChI is InChI=1S/C13H16N3O4/c1-8-2-3-11(16(19)20)12-10(4-5-14-13(8)12)15-6-9(18)7-17/h2-5,9,14-15,17-18H,6-7H2,1H3/q-1. The van der Waals surface area contributed by atoms with E-state index in [4.69, 9.17) is 5.11 Å². The summed E-state index contributed by atoms with van der Waals surface area (Å²) in [4.78, 5) is 2.56. The molecule has 1 atom stereocenters. The zero-order valence-corrected chi connectivity index (χ0v) is 11.0. The van der Waals surface area contributed by atoms with Crippen LogP contribution in [0.25, 0.3) is 11.3 Å². The van der Waals surface area contributed by atoms with Crippen LogP contribution in [0, 0.1) is 17.3 Å². The lowest BCUT2D eigenvalue weighted by Gasteiger charge is -2.17. The molecule has 0 fully saturated rings. The lowest BCUT2D eigenvalue weighted by Crippen LogP contribution is -2.26. The second kappa shape index (κ2) is 5.81. The Kier molecular flexibility index (Phi) is 4.11. The average molecular weight is 278 g/mol. The first-order chi connectivity index (χ1) is 9.54. The lowest BCUT2D eigenvalue weighted by molar-refractivity contribution is 0.105. The van der Waals surface area contributed by atoms with Gasteiger partial charge in [-0.05, 0) is 18.6 Å². The maximum atomic E-state index is 11.1. The van der Waals surface area contributed by atoms with E-state index in [2.05, 4.69) is 10.3 Å². The van der Waals surface area contributed by atoms with Crippen molar-refractivity contribution in [3.8, 4) is 11.3 Å². The van der Waals surface area contributed by atoms with E-state index in [0.717, 1.165) is 5.56 Å². The van der Waals surface area contributed by atoms with E-state index in [0.29, 0.717) is 16.9 Å². The molecular formula is C13H16N3O4-. The molecule has 7 heteroatoms. The van der Waals surface area contributed by atoms with Crippen molar-refractivity contribution in [2.75, 3.05) is 18.5 Å². The van der Waals surface area contributed by atoms with E-state index in [-0.39, 0.29) is 18.5 Å². The predicted octanol–water partition coefficient (Wildman–Crippen LogP) is -0.0392. The Bertz CT molecular complexity index is 634. The first kappa shape index (κ1) is 14.2. The van der Waals surface area contributed by atoms with Gasteiger partial charge in [0.25, 0.3) is 0 Å². The molecule has 2 aliphatic rings. The molecule has 0 saturated carbocycles. The van der Waals surface area contributed by atoms with Crippen LogP contribution in [0.2, 0.25) is 0 Å². The Morgan fingerprint density at radius 3 is 2.75 bits per heavy atom. The number of benzene rings is 1. The molecule has 0 aromatic heterocycles. The number of nitrogens with zero attached hydrogens (tertiary/aromatic N) is 1. The fraction of sp³-hybridized carbons (Fsp3) is 0.308. The van der Waals surface area contributed by atoms with Gasteiger partial charge in [-0.1, -0.05) is 6.07 Å². The first-order valence-electron chi connectivity index (χ1n) is 6.15. The maximum Gasteiger partial charge on any atom is 0.234 e. The third-order valence-corrected chi connectivity index (χ3v) is 3.07. The fourth-order valence-electron chi connectivity index (χ4n) is 2.04. The van der Waals surface area contributed by atoms with Crippen molar-refractivity contribution in [2.45, 2.75) is 13.0 Å². The Labute approximate surface area is 115 Å². The molecule has 0 aromatic rings. The number of fused-ring (bicyclic) bond motifs is 1. The molecule has 1 heterocycles. The maximum absolute atomic E-state index is 11.1. The topological polar surface area (TPSA) is 117 Å². The summed E-state index contributed by atoms with van der Waals surface area (Å²) in [5.41, 5.74) is 2.56. The second-order valence-electron chi connectivity index (χ2n) is 4.52. The highest BCUT2D eigenvalue weighted by molar-refractivity contribution is 5.78. The van der Waals surface area contributed by atoms with Crippen molar-refractivity contribution in [1.82, 2.24) is 9.89 Å². The van der Waals surface area contributed by atoms with Crippen LogP contribution >= 0.6 is 0 Å². The number of hydrogen-bond acceptors (Lipinski definition) is 5. The van der Waals surface area contributed by atoms with Gasteiger partial charge in [-0.3, -0.25) is 0 Å². The average Bonchev–Trinajstić information content (AvgIpc) is 2.44. The van der Waals surface area contributed by atoms with Crippen molar-refractivity contribution in [3.63, 3.8) is 0 Å². The van der Waals surface area contributed by atoms with Crippen molar-refractivity contribution >= 4 is 5.69 Å². The molecule has 20 heavy (non-hydrogen) atoms. The molecule has 0 saturated heterocycles. The summed E-state index contributed by atoms with van der Waals surface area (Å²) in [5.74, 6) is 0. The molecule has 1 aliphatic carbocycles. The largest absolute Gasteiger partial charge is 0.612 e. The van der Waals surface area contributed by atoms with Gasteiger partial charge < -0.3 is 30.9 Å². The molecular weight excluding hydrogens is 262 g/mol. The van der Waals surface area contributed by atoms with Crippen molar-refractivity contribution < 1.29 is 10.2 Å². The zero-order chi connectivity index (χ0) is 14.7. The zero-order valence-electron chi connectivity index (χ0n) is 11.0. The molecule has 4 N–H and O–H groups in total. The van der Waals surface area contributed by atoms with Crippen LogP contribution in [0.3, 0.4) is 0 Å². The van der Waals surface area contributed by atoms with Crippen LogP contribution < -0.4 is 15.6 Å². The normalized spacial score (nSPS) is 12.3. The van der Waals surface area contributed by atoms with E-state index >= 15 is 0 Å². The van der Waals surface area contributed by atoms with E-state index in [1.807, 2.05) is 6.92 Å². The number of aliphatic hydroxyl groups excluding tert-OH is 2. The highest BCUT2D eigenvalue weighted by atomic mass is 16.8. The Balaban J connectivity index is 2.55. The number of aromatic amines is 1. The minimum Gasteiger partial charge on any atom is -0.612 e. The van der Waals surface area contributed by atoms with Gasteiger partial charge in [0, 0.05) is 18.8 Å². The van der Waals surface area contributed by atoms with Crippen molar-refractivity contribution in [1.29, 1.82) is 0 Å². The number of aromatic nitrogens is 1. The molecule has 0 aromatic carbocycles. The number of rotatable bonds is 4. The summed E-state index contributed by atoms with van der Waals surface area (Å²) in [5, 5.41) is 43.4. The molecule has 1 unspecified atom stereocenters. The van der Waals surface area contributed by atoms with Gasteiger partial charge in [0.1, 0.15) is 0 Å². The van der Waals surface area contributed by atoms with Gasteiger partial charge in [0.15, 0.2) is 0 Å². The van der Waals surface area contributed by atoms with Crippen LogP contribution in [0.1, 0.15) is 5.56 Å². The van der Waals surface area contributed by atoms with E-state index in [9.17, 15) is 15.5 Å². The van der Waals surface area contributed by atoms with Gasteiger partial charge >= 0.3 is 0 Å². The molecule has 108 valence electrons. The number of anilines is 1. The van der Waals surface area contributed by atoms with Crippen LogP contribution in [0.5, 0.6) is 0 Å². The summed E-state index contributed by atoms with van der Waals surface area (Å²) in [7, 11) is 0. The molecule has 2 rings (SSSR count). The molecule has 0 radical (unpaired) electrons.